The van der Waals surface area contributed by atoms with Gasteiger partial charge in [0, 0.05) is 23.2 Å². The molecule has 2 amide bonds. The second-order valence-corrected chi connectivity index (χ2v) is 10.8. The summed E-state index contributed by atoms with van der Waals surface area (Å²) in [5.74, 6) is -0.640. The Balaban J connectivity index is 1.30. The summed E-state index contributed by atoms with van der Waals surface area (Å²) in [4.78, 5) is 33.6. The van der Waals surface area contributed by atoms with Crippen LogP contribution in [0.2, 0.25) is 0 Å². The minimum atomic E-state index is -0.323. The number of amides is 2. The van der Waals surface area contributed by atoms with Crippen molar-refractivity contribution in [1.82, 2.24) is 9.55 Å². The van der Waals surface area contributed by atoms with Gasteiger partial charge < -0.3 is 4.57 Å². The Morgan fingerprint density at radius 3 is 2.21 bits per heavy atom. The third-order valence-corrected chi connectivity index (χ3v) is 8.35. The first-order valence-corrected chi connectivity index (χ1v) is 14.2. The summed E-state index contributed by atoms with van der Waals surface area (Å²) < 4.78 is 2.11. The zero-order valence-electron chi connectivity index (χ0n) is 23.4. The number of benzene rings is 5. The largest absolute Gasteiger partial charge is 0.308 e. The lowest BCUT2D eigenvalue weighted by Gasteiger charge is -2.16. The lowest BCUT2D eigenvalue weighted by atomic mass is 10.0. The molecular weight excluding hydrogens is 530 g/mol. The molecule has 8 rings (SSSR count). The quantitative estimate of drug-likeness (QED) is 0.204. The molecule has 0 atom stereocenters. The highest BCUT2D eigenvalue weighted by molar-refractivity contribution is 6.36. The normalized spacial score (nSPS) is 12.8. The minimum absolute atomic E-state index is 0.316. The molecule has 3 heterocycles. The van der Waals surface area contributed by atoms with Gasteiger partial charge in [-0.05, 0) is 83.3 Å². The van der Waals surface area contributed by atoms with Crippen molar-refractivity contribution in [3.63, 3.8) is 0 Å². The molecule has 5 aromatic carbocycles. The maximum atomic E-state index is 14.2. The Bertz CT molecular complexity index is 2250. The Labute approximate surface area is 248 Å². The van der Waals surface area contributed by atoms with Gasteiger partial charge in [0.15, 0.2) is 0 Å². The predicted molar refractivity (Wildman–Crippen MR) is 172 cm³/mol. The Morgan fingerprint density at radius 1 is 0.581 bits per heavy atom. The number of anilines is 1. The number of fused-ring (bicyclic) bond motifs is 4. The molecule has 0 radical (unpaired) electrons. The van der Waals surface area contributed by atoms with Gasteiger partial charge in [-0.1, -0.05) is 72.8 Å². The van der Waals surface area contributed by atoms with Crippen molar-refractivity contribution in [2.45, 2.75) is 6.92 Å². The van der Waals surface area contributed by atoms with Crippen LogP contribution in [-0.2, 0) is 0 Å². The molecule has 2 aromatic heterocycles. The summed E-state index contributed by atoms with van der Waals surface area (Å²) in [7, 11) is 0. The maximum absolute atomic E-state index is 14.2. The molecule has 0 unspecified atom stereocenters. The molecule has 0 bridgehead atoms. The topological polar surface area (TPSA) is 55.2 Å². The smallest absolute Gasteiger partial charge is 0.268 e. The second-order valence-electron chi connectivity index (χ2n) is 10.8. The number of hydrogen-bond acceptors (Lipinski definition) is 3. The highest BCUT2D eigenvalue weighted by Gasteiger charge is 2.39. The number of para-hydroxylation sites is 1. The average molecular weight is 556 g/mol. The number of hydrogen-bond donors (Lipinski definition) is 0. The first-order chi connectivity index (χ1) is 21.1. The van der Waals surface area contributed by atoms with E-state index < -0.39 is 0 Å². The monoisotopic (exact) mass is 555 g/mol. The van der Waals surface area contributed by atoms with E-state index in [-0.39, 0.29) is 11.8 Å². The molecule has 0 spiro atoms. The van der Waals surface area contributed by atoms with E-state index in [0.717, 1.165) is 49.6 Å². The lowest BCUT2D eigenvalue weighted by molar-refractivity contribution is 0.0926. The van der Waals surface area contributed by atoms with Gasteiger partial charge in [0.25, 0.3) is 11.8 Å². The zero-order chi connectivity index (χ0) is 29.1. The Hall–Kier alpha value is -5.81. The van der Waals surface area contributed by atoms with Crippen molar-refractivity contribution in [3.8, 4) is 27.9 Å². The van der Waals surface area contributed by atoms with Gasteiger partial charge in [0.2, 0.25) is 0 Å². The number of imide groups is 1. The fourth-order valence-electron chi connectivity index (χ4n) is 6.34. The second kappa shape index (κ2) is 9.64. The van der Waals surface area contributed by atoms with Crippen molar-refractivity contribution in [3.05, 3.63) is 150 Å². The van der Waals surface area contributed by atoms with Gasteiger partial charge in [-0.15, -0.1) is 0 Å². The highest BCUT2D eigenvalue weighted by atomic mass is 16.2. The van der Waals surface area contributed by atoms with E-state index in [9.17, 15) is 9.59 Å². The number of carbonyl (C=O) groups excluding carboxylic acids is 2. The number of aromatic nitrogens is 2. The molecule has 0 aliphatic carbocycles. The fourth-order valence-corrected chi connectivity index (χ4v) is 6.34. The van der Waals surface area contributed by atoms with Gasteiger partial charge in [0.05, 0.1) is 33.5 Å². The minimum Gasteiger partial charge on any atom is -0.308 e. The number of rotatable bonds is 4. The van der Waals surface area contributed by atoms with Crippen molar-refractivity contribution in [2.75, 3.05) is 4.90 Å². The van der Waals surface area contributed by atoms with Crippen molar-refractivity contribution >= 4 is 39.3 Å². The third-order valence-electron chi connectivity index (χ3n) is 8.35. The van der Waals surface area contributed by atoms with E-state index in [0.29, 0.717) is 22.5 Å². The zero-order valence-corrected chi connectivity index (χ0v) is 23.4. The van der Waals surface area contributed by atoms with Crippen LogP contribution in [0.5, 0.6) is 0 Å². The van der Waals surface area contributed by atoms with Crippen LogP contribution in [0.15, 0.2) is 134 Å². The van der Waals surface area contributed by atoms with Gasteiger partial charge >= 0.3 is 0 Å². The molecule has 1 aliphatic rings. The summed E-state index contributed by atoms with van der Waals surface area (Å²) in [6, 6.07) is 39.7. The molecule has 0 fully saturated rings. The number of carbonyl (C=O) groups is 2. The standard InChI is InChI=1S/C38H25N3O2/c1-24-23-39-20-19-29(24)27-17-18-34-32(22-27)30-13-5-6-15-33(30)41(34)35-16-8-14-31-36(35)38(43)40(37(31)42)28-12-7-11-26(21-28)25-9-3-2-4-10-25/h2-23H,1H3. The fraction of sp³-hybridized carbons (Fsp3) is 0.0263. The summed E-state index contributed by atoms with van der Waals surface area (Å²) in [6.45, 7) is 2.06. The van der Waals surface area contributed by atoms with Gasteiger partial charge in [-0.25, -0.2) is 4.90 Å². The van der Waals surface area contributed by atoms with E-state index in [2.05, 4.69) is 46.8 Å². The molecule has 5 heteroatoms. The predicted octanol–water partition coefficient (Wildman–Crippen LogP) is 8.62. The first-order valence-electron chi connectivity index (χ1n) is 14.2. The molecule has 0 N–H and O–H groups in total. The lowest BCUT2D eigenvalue weighted by Crippen LogP contribution is -2.29. The molecule has 204 valence electrons. The molecule has 7 aromatic rings. The van der Waals surface area contributed by atoms with Crippen LogP contribution in [0.25, 0.3) is 49.7 Å². The van der Waals surface area contributed by atoms with E-state index in [1.165, 1.54) is 4.90 Å². The number of nitrogens with zero attached hydrogens (tertiary/aromatic N) is 3. The van der Waals surface area contributed by atoms with Crippen LogP contribution in [0.1, 0.15) is 26.3 Å². The molecule has 43 heavy (non-hydrogen) atoms. The van der Waals surface area contributed by atoms with Gasteiger partial charge in [0.1, 0.15) is 0 Å². The molecule has 1 aliphatic heterocycles. The van der Waals surface area contributed by atoms with Crippen molar-refractivity contribution < 1.29 is 9.59 Å². The van der Waals surface area contributed by atoms with Crippen LogP contribution >= 0.6 is 0 Å². The summed E-state index contributed by atoms with van der Waals surface area (Å²) in [5.41, 5.74) is 9.30. The Morgan fingerprint density at radius 2 is 1.35 bits per heavy atom. The molecular formula is C38H25N3O2. The van der Waals surface area contributed by atoms with Crippen LogP contribution in [0.4, 0.5) is 5.69 Å². The summed E-state index contributed by atoms with van der Waals surface area (Å²) in [5, 5.41) is 2.15. The molecule has 0 saturated heterocycles. The molecule has 0 saturated carbocycles. The van der Waals surface area contributed by atoms with E-state index in [1.807, 2.05) is 97.3 Å². The van der Waals surface area contributed by atoms with Crippen LogP contribution in [0, 0.1) is 6.92 Å². The average Bonchev–Trinajstić information content (AvgIpc) is 3.52. The van der Waals surface area contributed by atoms with Crippen LogP contribution in [-0.4, -0.2) is 21.4 Å². The maximum Gasteiger partial charge on any atom is 0.268 e. The first kappa shape index (κ1) is 24.9. The van der Waals surface area contributed by atoms with Crippen molar-refractivity contribution in [1.29, 1.82) is 0 Å². The number of pyridine rings is 1. The van der Waals surface area contributed by atoms with Crippen LogP contribution in [0.3, 0.4) is 0 Å². The van der Waals surface area contributed by atoms with Gasteiger partial charge in [-0.2, -0.15) is 0 Å². The Kier molecular flexibility index (Phi) is 5.59. The summed E-state index contributed by atoms with van der Waals surface area (Å²) in [6.07, 6.45) is 3.69. The van der Waals surface area contributed by atoms with E-state index >= 15 is 0 Å². The van der Waals surface area contributed by atoms with E-state index in [1.54, 1.807) is 6.07 Å². The van der Waals surface area contributed by atoms with E-state index in [4.69, 9.17) is 0 Å². The molecule has 5 nitrogen and oxygen atoms in total. The highest BCUT2D eigenvalue weighted by Crippen LogP contribution is 2.39. The number of aryl methyl sites for hydroxylation is 1. The van der Waals surface area contributed by atoms with Crippen molar-refractivity contribution in [2.24, 2.45) is 0 Å². The SMILES string of the molecule is Cc1cnccc1-c1ccc2c(c1)c1ccccc1n2-c1cccc2c1C(=O)N(c1cccc(-c3ccccc3)c1)C2=O. The summed E-state index contributed by atoms with van der Waals surface area (Å²) >= 11 is 0. The third kappa shape index (κ3) is 3.82. The van der Waals surface area contributed by atoms with Gasteiger partial charge in [-0.3, -0.25) is 14.6 Å². The van der Waals surface area contributed by atoms with Crippen LogP contribution < -0.4 is 4.90 Å².